The normalized spacial score (nSPS) is 11.0. The van der Waals surface area contributed by atoms with Crippen molar-refractivity contribution in [3.63, 3.8) is 0 Å². The molecule has 0 saturated heterocycles. The van der Waals surface area contributed by atoms with E-state index in [0.29, 0.717) is 17.0 Å². The fourth-order valence-electron chi connectivity index (χ4n) is 2.41. The summed E-state index contributed by atoms with van der Waals surface area (Å²) < 4.78 is 6.36. The Labute approximate surface area is 145 Å². The van der Waals surface area contributed by atoms with Crippen LogP contribution in [0.2, 0.25) is 0 Å². The second-order valence-electron chi connectivity index (χ2n) is 5.97. The number of rotatable bonds is 5. The van der Waals surface area contributed by atoms with Crippen LogP contribution in [0.1, 0.15) is 25.0 Å². The van der Waals surface area contributed by atoms with Crippen LogP contribution in [0.25, 0.3) is 0 Å². The Morgan fingerprint density at radius 2 is 2.00 bits per heavy atom. The van der Waals surface area contributed by atoms with Crippen LogP contribution in [-0.4, -0.2) is 16.8 Å². The molecule has 1 N–H and O–H groups in total. The van der Waals surface area contributed by atoms with Crippen LogP contribution < -0.4 is 10.3 Å². The van der Waals surface area contributed by atoms with Gasteiger partial charge in [0.1, 0.15) is 23.1 Å². The van der Waals surface area contributed by atoms with Crippen LogP contribution >= 0.6 is 0 Å². The molecule has 1 aromatic heterocycles. The molecule has 2 aromatic rings. The number of benzene rings is 1. The van der Waals surface area contributed by atoms with Crippen LogP contribution in [0.5, 0.6) is 11.6 Å². The molecule has 130 valence electrons. The summed E-state index contributed by atoms with van der Waals surface area (Å²) in [5.41, 5.74) is 0.325. The SMILES string of the molecule is COc1ccccc1N=Nc1c(C)c(C#N)c(O)n(CC(C)C)c1=O. The van der Waals surface area contributed by atoms with E-state index in [4.69, 9.17) is 4.74 Å². The Morgan fingerprint density at radius 3 is 2.60 bits per heavy atom. The third-order valence-electron chi connectivity index (χ3n) is 3.66. The summed E-state index contributed by atoms with van der Waals surface area (Å²) in [6.07, 6.45) is 0. The average Bonchev–Trinajstić information content (AvgIpc) is 2.59. The maximum absolute atomic E-state index is 12.7. The molecule has 0 aliphatic heterocycles. The molecule has 0 fully saturated rings. The highest BCUT2D eigenvalue weighted by Gasteiger charge is 2.19. The smallest absolute Gasteiger partial charge is 0.281 e. The summed E-state index contributed by atoms with van der Waals surface area (Å²) in [4.78, 5) is 12.7. The maximum atomic E-state index is 12.7. The zero-order chi connectivity index (χ0) is 18.6. The molecule has 7 heteroatoms. The van der Waals surface area contributed by atoms with E-state index in [1.54, 1.807) is 31.2 Å². The molecule has 0 aliphatic rings. The van der Waals surface area contributed by atoms with Crippen LogP contribution in [-0.2, 0) is 6.54 Å². The molecule has 25 heavy (non-hydrogen) atoms. The van der Waals surface area contributed by atoms with E-state index in [2.05, 4.69) is 10.2 Å². The highest BCUT2D eigenvalue weighted by molar-refractivity contribution is 5.57. The topological polar surface area (TPSA) is 100.0 Å². The summed E-state index contributed by atoms with van der Waals surface area (Å²) in [6.45, 7) is 5.66. The van der Waals surface area contributed by atoms with Gasteiger partial charge in [-0.05, 0) is 25.0 Å². The van der Waals surface area contributed by atoms with E-state index >= 15 is 0 Å². The lowest BCUT2D eigenvalue weighted by Crippen LogP contribution is -2.24. The molecule has 0 unspecified atom stereocenters. The molecule has 1 heterocycles. The molecular weight excluding hydrogens is 320 g/mol. The van der Waals surface area contributed by atoms with Crippen molar-refractivity contribution in [1.82, 2.24) is 4.57 Å². The number of nitriles is 1. The first kappa shape index (κ1) is 18.2. The van der Waals surface area contributed by atoms with Crippen molar-refractivity contribution in [3.8, 4) is 17.7 Å². The quantitative estimate of drug-likeness (QED) is 0.836. The third kappa shape index (κ3) is 3.69. The number of para-hydroxylation sites is 1. The van der Waals surface area contributed by atoms with Gasteiger partial charge in [0.2, 0.25) is 5.88 Å². The van der Waals surface area contributed by atoms with Crippen LogP contribution in [0.15, 0.2) is 39.3 Å². The molecular formula is C18H20N4O3. The van der Waals surface area contributed by atoms with E-state index < -0.39 is 5.56 Å². The predicted molar refractivity (Wildman–Crippen MR) is 93.8 cm³/mol. The molecule has 0 amide bonds. The van der Waals surface area contributed by atoms with Crippen molar-refractivity contribution in [2.24, 2.45) is 16.1 Å². The number of aromatic nitrogens is 1. The molecule has 0 radical (unpaired) electrons. The Hall–Kier alpha value is -3.14. The average molecular weight is 340 g/mol. The molecule has 7 nitrogen and oxygen atoms in total. The van der Waals surface area contributed by atoms with Gasteiger partial charge in [0, 0.05) is 12.1 Å². The van der Waals surface area contributed by atoms with Crippen molar-refractivity contribution in [2.45, 2.75) is 27.3 Å². The standard InChI is InChI=1S/C18H20N4O3/c1-11(2)10-22-17(23)13(9-19)12(3)16(18(22)24)21-20-14-7-5-6-8-15(14)25-4/h5-8,11,23H,10H2,1-4H3. The van der Waals surface area contributed by atoms with E-state index in [0.717, 1.165) is 4.57 Å². The molecule has 2 rings (SSSR count). The Morgan fingerprint density at radius 1 is 1.32 bits per heavy atom. The number of methoxy groups -OCH3 is 1. The highest BCUT2D eigenvalue weighted by Crippen LogP contribution is 2.30. The minimum atomic E-state index is -0.485. The van der Waals surface area contributed by atoms with Gasteiger partial charge in [0.25, 0.3) is 5.56 Å². The van der Waals surface area contributed by atoms with Gasteiger partial charge in [-0.25, -0.2) is 0 Å². The second kappa shape index (κ2) is 7.62. The minimum Gasteiger partial charge on any atom is -0.494 e. The van der Waals surface area contributed by atoms with E-state index in [9.17, 15) is 15.2 Å². The van der Waals surface area contributed by atoms with Crippen molar-refractivity contribution in [1.29, 1.82) is 5.26 Å². The minimum absolute atomic E-state index is 0.0224. The van der Waals surface area contributed by atoms with Gasteiger partial charge in [-0.1, -0.05) is 26.0 Å². The lowest BCUT2D eigenvalue weighted by molar-refractivity contribution is 0.381. The van der Waals surface area contributed by atoms with Gasteiger partial charge < -0.3 is 9.84 Å². The zero-order valence-corrected chi connectivity index (χ0v) is 14.6. The van der Waals surface area contributed by atoms with Crippen LogP contribution in [0.4, 0.5) is 11.4 Å². The summed E-state index contributed by atoms with van der Waals surface area (Å²) in [6, 6.07) is 8.94. The monoisotopic (exact) mass is 340 g/mol. The van der Waals surface area contributed by atoms with E-state index in [1.165, 1.54) is 7.11 Å². The first-order chi connectivity index (χ1) is 11.9. The molecule has 0 aliphatic carbocycles. The second-order valence-corrected chi connectivity index (χ2v) is 5.97. The largest absolute Gasteiger partial charge is 0.494 e. The van der Waals surface area contributed by atoms with Gasteiger partial charge in [-0.3, -0.25) is 9.36 Å². The Bertz CT molecular complexity index is 908. The van der Waals surface area contributed by atoms with E-state index in [-0.39, 0.29) is 29.6 Å². The number of aromatic hydroxyl groups is 1. The summed E-state index contributed by atoms with van der Waals surface area (Å²) >= 11 is 0. The van der Waals surface area contributed by atoms with Crippen molar-refractivity contribution >= 4 is 11.4 Å². The summed E-state index contributed by atoms with van der Waals surface area (Å²) in [5, 5.41) is 27.7. The van der Waals surface area contributed by atoms with Crippen LogP contribution in [0.3, 0.4) is 0 Å². The fourth-order valence-corrected chi connectivity index (χ4v) is 2.41. The lowest BCUT2D eigenvalue weighted by atomic mass is 10.1. The number of ether oxygens (including phenoxy) is 1. The first-order valence-electron chi connectivity index (χ1n) is 7.81. The number of pyridine rings is 1. The Kier molecular flexibility index (Phi) is 5.55. The number of hydrogen-bond acceptors (Lipinski definition) is 6. The summed E-state index contributed by atoms with van der Waals surface area (Å²) in [5.74, 6) is 0.289. The third-order valence-corrected chi connectivity index (χ3v) is 3.66. The van der Waals surface area contributed by atoms with Gasteiger partial charge in [-0.2, -0.15) is 5.26 Å². The zero-order valence-electron chi connectivity index (χ0n) is 14.6. The lowest BCUT2D eigenvalue weighted by Gasteiger charge is -2.14. The van der Waals surface area contributed by atoms with Crippen molar-refractivity contribution < 1.29 is 9.84 Å². The highest BCUT2D eigenvalue weighted by atomic mass is 16.5. The Balaban J connectivity index is 2.63. The van der Waals surface area contributed by atoms with Gasteiger partial charge in [0.05, 0.1) is 7.11 Å². The molecule has 0 saturated carbocycles. The number of hydrogen-bond donors (Lipinski definition) is 1. The van der Waals surface area contributed by atoms with Gasteiger partial charge in [0.15, 0.2) is 5.69 Å². The van der Waals surface area contributed by atoms with Crippen molar-refractivity contribution in [3.05, 3.63) is 45.7 Å². The first-order valence-corrected chi connectivity index (χ1v) is 7.81. The number of azo groups is 1. The fraction of sp³-hybridized carbons (Fsp3) is 0.333. The molecule has 0 spiro atoms. The predicted octanol–water partition coefficient (Wildman–Crippen LogP) is 3.81. The molecule has 0 bridgehead atoms. The van der Waals surface area contributed by atoms with Gasteiger partial charge in [-0.15, -0.1) is 10.2 Å². The maximum Gasteiger partial charge on any atom is 0.281 e. The van der Waals surface area contributed by atoms with Crippen LogP contribution in [0, 0.1) is 24.2 Å². The molecule has 0 atom stereocenters. The van der Waals surface area contributed by atoms with Crippen molar-refractivity contribution in [2.75, 3.05) is 7.11 Å². The number of nitrogens with zero attached hydrogens (tertiary/aromatic N) is 4. The van der Waals surface area contributed by atoms with E-state index in [1.807, 2.05) is 19.9 Å². The van der Waals surface area contributed by atoms with Gasteiger partial charge >= 0.3 is 0 Å². The summed E-state index contributed by atoms with van der Waals surface area (Å²) in [7, 11) is 1.52. The molecule has 1 aromatic carbocycles.